The zero-order chi connectivity index (χ0) is 24.1. The van der Waals surface area contributed by atoms with Crippen LogP contribution in [0.15, 0.2) is 47.4 Å². The van der Waals surface area contributed by atoms with Gasteiger partial charge in [-0.1, -0.05) is 6.92 Å². The van der Waals surface area contributed by atoms with Gasteiger partial charge < -0.3 is 24.6 Å². The number of sulfonamides is 1. The molecule has 1 fully saturated rings. The lowest BCUT2D eigenvalue weighted by molar-refractivity contribution is -0.117. The number of hydrogen-bond donors (Lipinski definition) is 2. The summed E-state index contributed by atoms with van der Waals surface area (Å²) in [5.41, 5.74) is 1.72. The Morgan fingerprint density at radius 3 is 2.35 bits per heavy atom. The van der Waals surface area contributed by atoms with E-state index in [9.17, 15) is 13.2 Å². The predicted molar refractivity (Wildman–Crippen MR) is 131 cm³/mol. The summed E-state index contributed by atoms with van der Waals surface area (Å²) in [4.78, 5) is 17.4. The number of hydrogen-bond acceptors (Lipinski definition) is 7. The van der Waals surface area contributed by atoms with Crippen molar-refractivity contribution < 1.29 is 22.7 Å². The Bertz CT molecular complexity index is 1100. The van der Waals surface area contributed by atoms with Crippen LogP contribution in [0, 0.1) is 0 Å². The van der Waals surface area contributed by atoms with Gasteiger partial charge in [-0.15, -0.1) is 0 Å². The van der Waals surface area contributed by atoms with E-state index in [2.05, 4.69) is 26.8 Å². The Morgan fingerprint density at radius 2 is 1.68 bits per heavy atom. The third kappa shape index (κ3) is 5.81. The monoisotopic (exact) mass is 488 g/mol. The minimum atomic E-state index is -3.93. The van der Waals surface area contributed by atoms with Gasteiger partial charge in [-0.25, -0.2) is 8.42 Å². The first kappa shape index (κ1) is 24.3. The number of nitrogens with one attached hydrogen (secondary N) is 2. The molecule has 0 aliphatic carbocycles. The summed E-state index contributed by atoms with van der Waals surface area (Å²) in [6.45, 7) is 9.74. The number of rotatable bonds is 7. The standard InChI is InChI=1S/C24H32N4O5S/c1-3-27-11-13-28(14-12-27)20-7-5-19(6-8-20)25-24(29)18(2)26-34(30,31)21-9-10-22-23(17-21)33-16-4-15-32-22/h5-10,17-18,26H,3-4,11-16H2,1-2H3,(H,25,29). The maximum Gasteiger partial charge on any atom is 0.242 e. The predicted octanol–water partition coefficient (Wildman–Crippen LogP) is 2.30. The van der Waals surface area contributed by atoms with Crippen LogP contribution in [-0.4, -0.2) is 71.2 Å². The van der Waals surface area contributed by atoms with Crippen LogP contribution in [0.25, 0.3) is 0 Å². The molecule has 2 aromatic rings. The Morgan fingerprint density at radius 1 is 1.00 bits per heavy atom. The fourth-order valence-corrected chi connectivity index (χ4v) is 5.21. The van der Waals surface area contributed by atoms with E-state index in [1.807, 2.05) is 24.3 Å². The number of anilines is 2. The molecule has 10 heteroatoms. The van der Waals surface area contributed by atoms with E-state index in [-0.39, 0.29) is 4.90 Å². The molecule has 9 nitrogen and oxygen atoms in total. The molecule has 2 N–H and O–H groups in total. The van der Waals surface area contributed by atoms with E-state index in [1.54, 1.807) is 6.07 Å². The van der Waals surface area contributed by atoms with Crippen molar-refractivity contribution in [3.63, 3.8) is 0 Å². The molecule has 2 aromatic carbocycles. The van der Waals surface area contributed by atoms with E-state index in [1.165, 1.54) is 19.1 Å². The van der Waals surface area contributed by atoms with Gasteiger partial charge in [-0.05, 0) is 49.9 Å². The molecule has 1 amide bonds. The average Bonchev–Trinajstić information content (AvgIpc) is 3.09. The van der Waals surface area contributed by atoms with Gasteiger partial charge in [0.2, 0.25) is 15.9 Å². The molecular formula is C24H32N4O5S. The summed E-state index contributed by atoms with van der Waals surface area (Å²) < 4.78 is 39.2. The normalized spacial score (nSPS) is 17.6. The van der Waals surface area contributed by atoms with E-state index in [0.29, 0.717) is 30.4 Å². The number of ether oxygens (including phenoxy) is 2. The van der Waals surface area contributed by atoms with Crippen molar-refractivity contribution in [3.05, 3.63) is 42.5 Å². The van der Waals surface area contributed by atoms with Crippen LogP contribution in [0.5, 0.6) is 11.5 Å². The number of amides is 1. The summed E-state index contributed by atoms with van der Waals surface area (Å²) in [5, 5.41) is 2.78. The van der Waals surface area contributed by atoms with Crippen LogP contribution in [0.2, 0.25) is 0 Å². The number of carbonyl (C=O) groups excluding carboxylic acids is 1. The van der Waals surface area contributed by atoms with Gasteiger partial charge in [0.25, 0.3) is 0 Å². The highest BCUT2D eigenvalue weighted by Gasteiger charge is 2.24. The second-order valence-corrected chi connectivity index (χ2v) is 10.2. The van der Waals surface area contributed by atoms with E-state index < -0.39 is 22.0 Å². The highest BCUT2D eigenvalue weighted by molar-refractivity contribution is 7.89. The number of fused-ring (bicyclic) bond motifs is 1. The Hall–Kier alpha value is -2.82. The van der Waals surface area contributed by atoms with Gasteiger partial charge in [0.1, 0.15) is 0 Å². The molecule has 0 bridgehead atoms. The lowest BCUT2D eigenvalue weighted by Crippen LogP contribution is -2.46. The lowest BCUT2D eigenvalue weighted by Gasteiger charge is -2.35. The van der Waals surface area contributed by atoms with Crippen molar-refractivity contribution in [2.24, 2.45) is 0 Å². The van der Waals surface area contributed by atoms with Gasteiger partial charge in [-0.2, -0.15) is 4.72 Å². The average molecular weight is 489 g/mol. The maximum absolute atomic E-state index is 12.8. The molecule has 0 radical (unpaired) electrons. The van der Waals surface area contributed by atoms with Crippen LogP contribution in [0.4, 0.5) is 11.4 Å². The number of nitrogens with zero attached hydrogens (tertiary/aromatic N) is 2. The van der Waals surface area contributed by atoms with E-state index in [4.69, 9.17) is 9.47 Å². The maximum atomic E-state index is 12.8. The summed E-state index contributed by atoms with van der Waals surface area (Å²) in [7, 11) is -3.93. The van der Waals surface area contributed by atoms with Crippen LogP contribution < -0.4 is 24.4 Å². The zero-order valence-electron chi connectivity index (χ0n) is 19.6. The molecule has 1 atom stereocenters. The van der Waals surface area contributed by atoms with Crippen LogP contribution >= 0.6 is 0 Å². The summed E-state index contributed by atoms with van der Waals surface area (Å²) >= 11 is 0. The zero-order valence-corrected chi connectivity index (χ0v) is 20.4. The molecule has 0 spiro atoms. The molecule has 0 aromatic heterocycles. The Kier molecular flexibility index (Phi) is 7.60. The molecule has 184 valence electrons. The molecule has 1 unspecified atom stereocenters. The number of carbonyl (C=O) groups is 1. The molecule has 34 heavy (non-hydrogen) atoms. The van der Waals surface area contributed by atoms with Crippen molar-refractivity contribution >= 4 is 27.3 Å². The molecule has 0 saturated carbocycles. The van der Waals surface area contributed by atoms with Crippen LogP contribution in [-0.2, 0) is 14.8 Å². The second kappa shape index (κ2) is 10.6. The van der Waals surface area contributed by atoms with Crippen molar-refractivity contribution in [3.8, 4) is 11.5 Å². The van der Waals surface area contributed by atoms with E-state index >= 15 is 0 Å². The molecule has 2 heterocycles. The molecular weight excluding hydrogens is 456 g/mol. The molecule has 4 rings (SSSR count). The van der Waals surface area contributed by atoms with Crippen molar-refractivity contribution in [2.45, 2.75) is 31.2 Å². The second-order valence-electron chi connectivity index (χ2n) is 8.46. The first-order chi connectivity index (χ1) is 16.4. The van der Waals surface area contributed by atoms with Crippen LogP contribution in [0.3, 0.4) is 0 Å². The third-order valence-corrected chi connectivity index (χ3v) is 7.61. The smallest absolute Gasteiger partial charge is 0.242 e. The SMILES string of the molecule is CCN1CCN(c2ccc(NC(=O)C(C)NS(=O)(=O)c3ccc4c(c3)OCCCO4)cc2)CC1. The van der Waals surface area contributed by atoms with Gasteiger partial charge in [0.05, 0.1) is 24.2 Å². The number of likely N-dealkylation sites (N-methyl/N-ethyl adjacent to an activating group) is 1. The quantitative estimate of drug-likeness (QED) is 0.617. The minimum absolute atomic E-state index is 0.0175. The van der Waals surface area contributed by atoms with Crippen molar-refractivity contribution in [2.75, 3.05) is 56.2 Å². The summed E-state index contributed by atoms with van der Waals surface area (Å²) in [5.74, 6) is 0.453. The van der Waals surface area contributed by atoms with E-state index in [0.717, 1.165) is 44.8 Å². The summed E-state index contributed by atoms with van der Waals surface area (Å²) in [6, 6.07) is 11.1. The van der Waals surface area contributed by atoms with Gasteiger partial charge in [0, 0.05) is 50.0 Å². The topological polar surface area (TPSA) is 100 Å². The van der Waals surface area contributed by atoms with Crippen molar-refractivity contribution in [1.29, 1.82) is 0 Å². The van der Waals surface area contributed by atoms with Crippen LogP contribution in [0.1, 0.15) is 20.3 Å². The third-order valence-electron chi connectivity index (χ3n) is 6.07. The van der Waals surface area contributed by atoms with Gasteiger partial charge >= 0.3 is 0 Å². The summed E-state index contributed by atoms with van der Waals surface area (Å²) in [6.07, 6.45) is 0.725. The largest absolute Gasteiger partial charge is 0.490 e. The lowest BCUT2D eigenvalue weighted by atomic mass is 10.2. The fraction of sp³-hybridized carbons (Fsp3) is 0.458. The number of piperazine rings is 1. The highest BCUT2D eigenvalue weighted by Crippen LogP contribution is 2.32. The fourth-order valence-electron chi connectivity index (χ4n) is 3.99. The Labute approximate surface area is 201 Å². The molecule has 2 aliphatic rings. The van der Waals surface area contributed by atoms with Gasteiger partial charge in [0.15, 0.2) is 11.5 Å². The number of benzene rings is 2. The highest BCUT2D eigenvalue weighted by atomic mass is 32.2. The first-order valence-corrected chi connectivity index (χ1v) is 13.1. The Balaban J connectivity index is 1.35. The molecule has 1 saturated heterocycles. The minimum Gasteiger partial charge on any atom is -0.490 e. The van der Waals surface area contributed by atoms with Gasteiger partial charge in [-0.3, -0.25) is 4.79 Å². The first-order valence-electron chi connectivity index (χ1n) is 11.7. The molecule has 2 aliphatic heterocycles. The van der Waals surface area contributed by atoms with Crippen molar-refractivity contribution in [1.82, 2.24) is 9.62 Å².